The average molecular weight is 124 g/mol. The average Bonchev–Trinajstić information content (AvgIpc) is 1.72. The fraction of sp³-hybridized carbons (Fsp3) is 0.800. The molecule has 0 saturated carbocycles. The Kier molecular flexibility index (Phi) is 8.57. The van der Waals surface area contributed by atoms with Gasteiger partial charge in [0.15, 0.2) is 0 Å². The molecule has 0 aliphatic rings. The molecule has 0 unspecified atom stereocenters. The predicted octanol–water partition coefficient (Wildman–Crippen LogP) is 1.72. The van der Waals surface area contributed by atoms with Crippen molar-refractivity contribution in [3.05, 3.63) is 0 Å². The van der Waals surface area contributed by atoms with Crippen molar-refractivity contribution in [1.29, 1.82) is 0 Å². The molecule has 0 fully saturated rings. The summed E-state index contributed by atoms with van der Waals surface area (Å²) in [4.78, 5) is 9.48. The van der Waals surface area contributed by atoms with Gasteiger partial charge >= 0.3 is 6.04 Å². The van der Waals surface area contributed by atoms with Crippen LogP contribution in [0.5, 0.6) is 0 Å². The van der Waals surface area contributed by atoms with Crippen molar-refractivity contribution >= 4 is 6.04 Å². The molecule has 3 heteroatoms. The van der Waals surface area contributed by atoms with E-state index in [2.05, 4.69) is 0 Å². The second-order valence-corrected chi connectivity index (χ2v) is 1.46. The third kappa shape index (κ3) is 9.11. The summed E-state index contributed by atoms with van der Waals surface area (Å²) in [6.45, 7) is 3.03. The maximum Gasteiger partial charge on any atom is 0.304 e. The monoisotopic (exact) mass is 124 g/mol. The first kappa shape index (κ1) is 10.5. The van der Waals surface area contributed by atoms with Gasteiger partial charge in [0.2, 0.25) is 0 Å². The van der Waals surface area contributed by atoms with Crippen LogP contribution in [0, 0.1) is 5.92 Å². The molecule has 0 bridgehead atoms. The summed E-state index contributed by atoms with van der Waals surface area (Å²) < 4.78 is 20.7. The van der Waals surface area contributed by atoms with E-state index in [4.69, 9.17) is 0 Å². The van der Waals surface area contributed by atoms with Gasteiger partial charge in [0.1, 0.15) is 0 Å². The second kappa shape index (κ2) is 6.53. The van der Waals surface area contributed by atoms with Crippen molar-refractivity contribution in [2.45, 2.75) is 13.8 Å². The highest BCUT2D eigenvalue weighted by Gasteiger charge is 2.00. The molecule has 0 aromatic carbocycles. The van der Waals surface area contributed by atoms with Crippen LogP contribution in [0.4, 0.5) is 8.78 Å². The second-order valence-electron chi connectivity index (χ2n) is 1.46. The summed E-state index contributed by atoms with van der Waals surface area (Å²) in [6.07, 6.45) is 0. The van der Waals surface area contributed by atoms with Crippen LogP contribution in [0.15, 0.2) is 0 Å². The van der Waals surface area contributed by atoms with Crippen LogP contribution < -0.4 is 0 Å². The van der Waals surface area contributed by atoms with Gasteiger partial charge in [-0.1, -0.05) is 13.8 Å². The summed E-state index contributed by atoms with van der Waals surface area (Å²) in [7, 11) is 0.500. The largest absolute Gasteiger partial charge is 0.304 e. The highest BCUT2D eigenvalue weighted by molar-refractivity contribution is 5.69. The third-order valence-corrected chi connectivity index (χ3v) is 0.454. The topological polar surface area (TPSA) is 17.1 Å². The maximum atomic E-state index is 11.2. The maximum absolute atomic E-state index is 11.2. The summed E-state index contributed by atoms with van der Waals surface area (Å²) in [5, 5.41) is 0. The molecule has 0 aliphatic heterocycles. The van der Waals surface area contributed by atoms with Gasteiger partial charge in [-0.05, 0) is 0 Å². The van der Waals surface area contributed by atoms with E-state index in [0.717, 1.165) is 0 Å². The van der Waals surface area contributed by atoms with Crippen LogP contribution in [-0.2, 0) is 4.79 Å². The van der Waals surface area contributed by atoms with E-state index in [1.807, 2.05) is 0 Å². The van der Waals surface area contributed by atoms with Gasteiger partial charge in [0.25, 0.3) is 0 Å². The molecule has 0 radical (unpaired) electrons. The van der Waals surface area contributed by atoms with E-state index >= 15 is 0 Å². The molecule has 0 aromatic heterocycles. The van der Waals surface area contributed by atoms with Crippen LogP contribution in [0.25, 0.3) is 0 Å². The minimum atomic E-state index is -1.24. The SMILES string of the molecule is CC(C)C(=O)F.CF. The standard InChI is InChI=1S/C4H7FO.CH3F/c1-3(2)4(5)6;1-2/h3H,1-2H3;1H3. The Labute approximate surface area is 47.7 Å². The smallest absolute Gasteiger partial charge is 0.261 e. The zero-order valence-corrected chi connectivity index (χ0v) is 5.24. The summed E-state index contributed by atoms with van der Waals surface area (Å²) in [6, 6.07) is -1.24. The van der Waals surface area contributed by atoms with Crippen molar-refractivity contribution < 1.29 is 13.6 Å². The summed E-state index contributed by atoms with van der Waals surface area (Å²) in [5.74, 6) is -0.454. The molecule has 0 saturated heterocycles. The predicted molar refractivity (Wildman–Crippen MR) is 28.0 cm³/mol. The fourth-order valence-corrected chi connectivity index (χ4v) is 0. The molecule has 0 spiro atoms. The molecule has 1 nitrogen and oxygen atoms in total. The van der Waals surface area contributed by atoms with Crippen molar-refractivity contribution in [3.63, 3.8) is 0 Å². The number of alkyl halides is 1. The van der Waals surface area contributed by atoms with Crippen molar-refractivity contribution in [2.75, 3.05) is 7.18 Å². The van der Waals surface area contributed by atoms with Crippen LogP contribution >= 0.6 is 0 Å². The molecule has 0 aromatic rings. The number of carbonyl (C=O) groups is 1. The number of hydrogen-bond donors (Lipinski definition) is 0. The van der Waals surface area contributed by atoms with Gasteiger partial charge in [-0.2, -0.15) is 4.39 Å². The van der Waals surface area contributed by atoms with Crippen LogP contribution in [0.1, 0.15) is 13.8 Å². The minimum absolute atomic E-state index is 0.454. The molecule has 0 amide bonds. The lowest BCUT2D eigenvalue weighted by Crippen LogP contribution is -1.96. The Bertz CT molecular complexity index is 61.4. The Balaban J connectivity index is 0. The zero-order valence-electron chi connectivity index (χ0n) is 5.24. The number of halogens is 2. The lowest BCUT2D eigenvalue weighted by atomic mass is 10.2. The van der Waals surface area contributed by atoms with Crippen LogP contribution in [0.2, 0.25) is 0 Å². The van der Waals surface area contributed by atoms with E-state index in [0.29, 0.717) is 7.18 Å². The van der Waals surface area contributed by atoms with Gasteiger partial charge in [-0.3, -0.25) is 9.18 Å². The first-order chi connectivity index (χ1) is 3.64. The first-order valence-corrected chi connectivity index (χ1v) is 2.21. The van der Waals surface area contributed by atoms with Gasteiger partial charge in [-0.15, -0.1) is 0 Å². The molecule has 0 atom stereocenters. The number of rotatable bonds is 1. The fourth-order valence-electron chi connectivity index (χ4n) is 0. The summed E-state index contributed by atoms with van der Waals surface area (Å²) in [5.41, 5.74) is 0. The molecule has 0 aliphatic carbocycles. The Morgan fingerprint density at radius 2 is 1.50 bits per heavy atom. The lowest BCUT2D eigenvalue weighted by Gasteiger charge is -1.86. The van der Waals surface area contributed by atoms with Crippen molar-refractivity contribution in [1.82, 2.24) is 0 Å². The minimum Gasteiger partial charge on any atom is -0.261 e. The highest BCUT2D eigenvalue weighted by Crippen LogP contribution is 1.92. The van der Waals surface area contributed by atoms with E-state index in [9.17, 15) is 13.6 Å². The van der Waals surface area contributed by atoms with E-state index in [-0.39, 0.29) is 0 Å². The quantitative estimate of drug-likeness (QED) is 0.486. The molecular formula is C5H10F2O. The lowest BCUT2D eigenvalue weighted by molar-refractivity contribution is -0.132. The Morgan fingerprint density at radius 3 is 1.50 bits per heavy atom. The molecular weight excluding hydrogens is 114 g/mol. The van der Waals surface area contributed by atoms with Gasteiger partial charge in [0.05, 0.1) is 7.18 Å². The molecule has 8 heavy (non-hydrogen) atoms. The van der Waals surface area contributed by atoms with Crippen LogP contribution in [0.3, 0.4) is 0 Å². The van der Waals surface area contributed by atoms with Gasteiger partial charge < -0.3 is 0 Å². The zero-order chi connectivity index (χ0) is 7.15. The number of hydrogen-bond acceptors (Lipinski definition) is 1. The third-order valence-electron chi connectivity index (χ3n) is 0.454. The molecule has 50 valence electrons. The van der Waals surface area contributed by atoms with Crippen LogP contribution in [-0.4, -0.2) is 13.2 Å². The van der Waals surface area contributed by atoms with Gasteiger partial charge in [-0.25, -0.2) is 0 Å². The summed E-state index contributed by atoms with van der Waals surface area (Å²) >= 11 is 0. The molecule has 0 rings (SSSR count). The highest BCUT2D eigenvalue weighted by atomic mass is 19.1. The Hall–Kier alpha value is -0.470. The van der Waals surface area contributed by atoms with Crippen molar-refractivity contribution in [3.8, 4) is 0 Å². The normalized spacial score (nSPS) is 7.75. The van der Waals surface area contributed by atoms with E-state index in [1.165, 1.54) is 13.8 Å². The van der Waals surface area contributed by atoms with Gasteiger partial charge in [0, 0.05) is 5.92 Å². The number of carbonyl (C=O) groups excluding carboxylic acids is 1. The van der Waals surface area contributed by atoms with E-state index in [1.54, 1.807) is 0 Å². The molecule has 0 heterocycles. The van der Waals surface area contributed by atoms with E-state index < -0.39 is 12.0 Å². The Morgan fingerprint density at radius 1 is 1.38 bits per heavy atom. The van der Waals surface area contributed by atoms with Crippen molar-refractivity contribution in [2.24, 2.45) is 5.92 Å². The first-order valence-electron chi connectivity index (χ1n) is 2.21. The molecule has 0 N–H and O–H groups in total.